The summed E-state index contributed by atoms with van der Waals surface area (Å²) in [6.07, 6.45) is 5.50. The fourth-order valence-electron chi connectivity index (χ4n) is 6.10. The number of amides is 1. The van der Waals surface area contributed by atoms with Crippen LogP contribution in [0.15, 0.2) is 67.0 Å². The number of carbonyl (C=O) groups excluding carboxylic acids is 1. The first-order valence-electron chi connectivity index (χ1n) is 15.9. The maximum absolute atomic E-state index is 12.8. The standard InChI is InChI=1S/C38H39ClN4O5/c1-24-28(9-7-10-30(24)31-11-8-12-32(25(31)2)37(44)42(3)4)23-48-36-17-35(47-22-27-15-26(18-40)19-41-20-27)29(16-33(36)39)21-43-14-6-5-13-34(43)38(45)46/h7-12,15-17,19-20,34H,5-6,13-14,21-23H2,1-4H3,(H,45,46). The highest BCUT2D eigenvalue weighted by molar-refractivity contribution is 6.32. The van der Waals surface area contributed by atoms with E-state index < -0.39 is 12.0 Å². The quantitative estimate of drug-likeness (QED) is 0.179. The molecule has 10 heteroatoms. The summed E-state index contributed by atoms with van der Waals surface area (Å²) in [6.45, 7) is 5.38. The Bertz CT molecular complexity index is 1870. The summed E-state index contributed by atoms with van der Waals surface area (Å²) in [5.41, 5.74) is 7.42. The van der Waals surface area contributed by atoms with Gasteiger partial charge in [0.15, 0.2) is 0 Å². The summed E-state index contributed by atoms with van der Waals surface area (Å²) in [5.74, 6) is 0.0454. The molecule has 1 aliphatic heterocycles. The highest BCUT2D eigenvalue weighted by atomic mass is 35.5. The molecule has 0 aliphatic carbocycles. The number of carbonyl (C=O) groups is 2. The zero-order valence-corrected chi connectivity index (χ0v) is 28.4. The van der Waals surface area contributed by atoms with Crippen LogP contribution in [0.4, 0.5) is 0 Å². The van der Waals surface area contributed by atoms with Crippen LogP contribution in [-0.2, 0) is 24.6 Å². The highest BCUT2D eigenvalue weighted by Crippen LogP contribution is 2.37. The Hall–Kier alpha value is -4.91. The molecule has 48 heavy (non-hydrogen) atoms. The number of ether oxygens (including phenoxy) is 2. The van der Waals surface area contributed by atoms with E-state index in [0.29, 0.717) is 47.2 Å². The van der Waals surface area contributed by atoms with Crippen molar-refractivity contribution in [2.45, 2.75) is 58.9 Å². The van der Waals surface area contributed by atoms with Gasteiger partial charge in [-0.1, -0.05) is 48.4 Å². The van der Waals surface area contributed by atoms with Gasteiger partial charge < -0.3 is 19.5 Å². The van der Waals surface area contributed by atoms with Gasteiger partial charge in [0.1, 0.15) is 36.8 Å². The Balaban J connectivity index is 1.43. The molecule has 1 unspecified atom stereocenters. The molecule has 1 amide bonds. The molecule has 0 saturated carbocycles. The molecule has 1 aromatic heterocycles. The second kappa shape index (κ2) is 15.3. The fourth-order valence-corrected chi connectivity index (χ4v) is 6.34. The number of aliphatic carboxylic acids is 1. The van der Waals surface area contributed by atoms with E-state index >= 15 is 0 Å². The molecular formula is C38H39ClN4O5. The average molecular weight is 667 g/mol. The van der Waals surface area contributed by atoms with Crippen LogP contribution in [0.2, 0.25) is 5.02 Å². The van der Waals surface area contributed by atoms with Crippen LogP contribution >= 0.6 is 11.6 Å². The lowest BCUT2D eigenvalue weighted by Crippen LogP contribution is -2.44. The monoisotopic (exact) mass is 666 g/mol. The number of pyridine rings is 1. The minimum atomic E-state index is -0.841. The number of rotatable bonds is 11. The number of carboxylic acids is 1. The lowest BCUT2D eigenvalue weighted by atomic mass is 9.91. The molecule has 1 saturated heterocycles. The molecule has 1 atom stereocenters. The highest BCUT2D eigenvalue weighted by Gasteiger charge is 2.29. The summed E-state index contributed by atoms with van der Waals surface area (Å²) < 4.78 is 12.6. The van der Waals surface area contributed by atoms with Gasteiger partial charge in [0, 0.05) is 55.8 Å². The van der Waals surface area contributed by atoms with Crippen molar-refractivity contribution in [2.75, 3.05) is 20.6 Å². The molecule has 0 spiro atoms. The Kier molecular flexibility index (Phi) is 11.0. The van der Waals surface area contributed by atoms with Crippen molar-refractivity contribution in [1.29, 1.82) is 5.26 Å². The number of hydrogen-bond acceptors (Lipinski definition) is 7. The van der Waals surface area contributed by atoms with E-state index in [1.54, 1.807) is 43.4 Å². The third kappa shape index (κ3) is 7.79. The zero-order valence-electron chi connectivity index (χ0n) is 27.6. The summed E-state index contributed by atoms with van der Waals surface area (Å²) >= 11 is 6.80. The van der Waals surface area contributed by atoms with Gasteiger partial charge in [-0.2, -0.15) is 5.26 Å². The van der Waals surface area contributed by atoms with E-state index in [4.69, 9.17) is 21.1 Å². The Morgan fingerprint density at radius 2 is 1.71 bits per heavy atom. The predicted octanol–water partition coefficient (Wildman–Crippen LogP) is 7.19. The second-order valence-electron chi connectivity index (χ2n) is 12.2. The average Bonchev–Trinajstić information content (AvgIpc) is 3.08. The lowest BCUT2D eigenvalue weighted by molar-refractivity contribution is -0.144. The van der Waals surface area contributed by atoms with Crippen molar-refractivity contribution in [3.05, 3.63) is 111 Å². The number of carboxylic acid groups (broad SMARTS) is 1. The van der Waals surface area contributed by atoms with E-state index in [0.717, 1.165) is 51.8 Å². The number of halogens is 1. The number of aromatic nitrogens is 1. The Morgan fingerprint density at radius 3 is 2.44 bits per heavy atom. The van der Waals surface area contributed by atoms with Crippen LogP contribution in [0.25, 0.3) is 11.1 Å². The van der Waals surface area contributed by atoms with E-state index in [9.17, 15) is 20.0 Å². The van der Waals surface area contributed by atoms with E-state index in [-0.39, 0.29) is 19.1 Å². The topological polar surface area (TPSA) is 116 Å². The van der Waals surface area contributed by atoms with Crippen molar-refractivity contribution in [1.82, 2.24) is 14.8 Å². The third-order valence-electron chi connectivity index (χ3n) is 8.80. The summed E-state index contributed by atoms with van der Waals surface area (Å²) in [7, 11) is 3.49. The number of nitrogens with zero attached hydrogens (tertiary/aromatic N) is 4. The van der Waals surface area contributed by atoms with Crippen LogP contribution in [0.3, 0.4) is 0 Å². The van der Waals surface area contributed by atoms with Crippen LogP contribution in [0.5, 0.6) is 11.5 Å². The Labute approximate surface area is 286 Å². The van der Waals surface area contributed by atoms with E-state index in [2.05, 4.69) is 11.1 Å². The van der Waals surface area contributed by atoms with Crippen molar-refractivity contribution in [2.24, 2.45) is 0 Å². The van der Waals surface area contributed by atoms with Gasteiger partial charge in [-0.25, -0.2) is 0 Å². The molecule has 0 radical (unpaired) electrons. The molecule has 1 fully saturated rings. The van der Waals surface area contributed by atoms with Gasteiger partial charge in [0.25, 0.3) is 5.91 Å². The zero-order chi connectivity index (χ0) is 34.4. The molecular weight excluding hydrogens is 628 g/mol. The van der Waals surface area contributed by atoms with Crippen LogP contribution in [0.1, 0.15) is 63.0 Å². The van der Waals surface area contributed by atoms with Crippen molar-refractivity contribution in [3.8, 4) is 28.7 Å². The molecule has 5 rings (SSSR count). The Morgan fingerprint density at radius 1 is 0.979 bits per heavy atom. The van der Waals surface area contributed by atoms with Crippen molar-refractivity contribution < 1.29 is 24.2 Å². The number of nitriles is 1. The fraction of sp³-hybridized carbons (Fsp3) is 0.316. The smallest absolute Gasteiger partial charge is 0.320 e. The molecule has 3 aromatic carbocycles. The van der Waals surface area contributed by atoms with Gasteiger partial charge in [-0.05, 0) is 79.3 Å². The van der Waals surface area contributed by atoms with Crippen molar-refractivity contribution in [3.63, 3.8) is 0 Å². The maximum atomic E-state index is 12.8. The number of hydrogen-bond donors (Lipinski definition) is 1. The van der Waals surface area contributed by atoms with Gasteiger partial charge in [0.05, 0.1) is 10.6 Å². The lowest BCUT2D eigenvalue weighted by Gasteiger charge is -2.33. The van der Waals surface area contributed by atoms with Gasteiger partial charge in [-0.15, -0.1) is 0 Å². The maximum Gasteiger partial charge on any atom is 0.320 e. The SMILES string of the molecule is Cc1c(COc2cc(OCc3cncc(C#N)c3)c(CN3CCCCC3C(=O)O)cc2Cl)cccc1-c1cccc(C(=O)N(C)C)c1C. The van der Waals surface area contributed by atoms with Crippen LogP contribution in [-0.4, -0.2) is 58.4 Å². The van der Waals surface area contributed by atoms with Gasteiger partial charge >= 0.3 is 5.97 Å². The number of piperidine rings is 1. The molecule has 248 valence electrons. The summed E-state index contributed by atoms with van der Waals surface area (Å²) in [5, 5.41) is 19.5. The molecule has 0 bridgehead atoms. The van der Waals surface area contributed by atoms with Crippen LogP contribution < -0.4 is 9.47 Å². The summed E-state index contributed by atoms with van der Waals surface area (Å²) in [6, 6.07) is 18.5. The van der Waals surface area contributed by atoms with Crippen molar-refractivity contribution >= 4 is 23.5 Å². The van der Waals surface area contributed by atoms with E-state index in [1.165, 1.54) is 6.20 Å². The molecule has 2 heterocycles. The molecule has 1 aliphatic rings. The second-order valence-corrected chi connectivity index (χ2v) is 12.7. The predicted molar refractivity (Wildman–Crippen MR) is 184 cm³/mol. The number of benzene rings is 3. The molecule has 1 N–H and O–H groups in total. The molecule has 4 aromatic rings. The normalized spacial score (nSPS) is 14.6. The first-order valence-corrected chi connectivity index (χ1v) is 16.2. The number of likely N-dealkylation sites (tertiary alicyclic amines) is 1. The van der Waals surface area contributed by atoms with E-state index in [1.807, 2.05) is 55.1 Å². The largest absolute Gasteiger partial charge is 0.488 e. The third-order valence-corrected chi connectivity index (χ3v) is 9.09. The minimum absolute atomic E-state index is 0.0459. The first kappa shape index (κ1) is 34.4. The first-order chi connectivity index (χ1) is 23.1. The van der Waals surface area contributed by atoms with Gasteiger partial charge in [0.2, 0.25) is 0 Å². The molecule has 9 nitrogen and oxygen atoms in total. The minimum Gasteiger partial charge on any atom is -0.488 e. The van der Waals surface area contributed by atoms with Gasteiger partial charge in [-0.3, -0.25) is 19.5 Å². The van der Waals surface area contributed by atoms with Crippen LogP contribution in [0, 0.1) is 25.2 Å². The summed E-state index contributed by atoms with van der Waals surface area (Å²) in [4.78, 5) is 32.5.